The molecule has 5 rings (SSSR count). The van der Waals surface area contributed by atoms with E-state index in [9.17, 15) is 22.8 Å². The number of hydrogen-bond acceptors (Lipinski definition) is 4. The van der Waals surface area contributed by atoms with Crippen LogP contribution in [0.15, 0.2) is 81.8 Å². The van der Waals surface area contributed by atoms with Gasteiger partial charge in [-0.3, -0.25) is 9.59 Å². The third-order valence-corrected chi connectivity index (χ3v) is 6.21. The summed E-state index contributed by atoms with van der Waals surface area (Å²) in [5.41, 5.74) is 1.96. The van der Waals surface area contributed by atoms with Gasteiger partial charge in [0.2, 0.25) is 11.7 Å². The lowest BCUT2D eigenvalue weighted by atomic mass is 10.00. The minimum absolute atomic E-state index is 0.0251. The van der Waals surface area contributed by atoms with Gasteiger partial charge < -0.3 is 19.5 Å². The van der Waals surface area contributed by atoms with Crippen molar-refractivity contribution in [2.75, 3.05) is 10.6 Å². The fourth-order valence-electron chi connectivity index (χ4n) is 4.24. The van der Waals surface area contributed by atoms with Crippen molar-refractivity contribution < 1.29 is 31.6 Å². The highest BCUT2D eigenvalue weighted by atomic mass is 19.4. The first-order chi connectivity index (χ1) is 18.1. The van der Waals surface area contributed by atoms with Gasteiger partial charge in [0.05, 0.1) is 18.2 Å². The molecule has 38 heavy (non-hydrogen) atoms. The molecule has 3 aromatic carbocycles. The van der Waals surface area contributed by atoms with Gasteiger partial charge in [0.1, 0.15) is 16.9 Å². The topological polar surface area (TPSA) is 84.5 Å². The van der Waals surface area contributed by atoms with Crippen molar-refractivity contribution in [3.8, 4) is 0 Å². The lowest BCUT2D eigenvalue weighted by Gasteiger charge is -2.10. The molecule has 2 aromatic heterocycles. The van der Waals surface area contributed by atoms with Crippen molar-refractivity contribution in [1.29, 1.82) is 0 Å². The SMILES string of the molecule is CC(C)c1ccc2occ(CC(=O)Nc3c(C(=O)Nc4cccc(C(F)(F)F)c4)oc4ccccc34)c2c1. The van der Waals surface area contributed by atoms with E-state index < -0.39 is 23.6 Å². The molecule has 0 fully saturated rings. The van der Waals surface area contributed by atoms with Gasteiger partial charge in [0, 0.05) is 22.0 Å². The van der Waals surface area contributed by atoms with E-state index in [-0.39, 0.29) is 23.6 Å². The Hall–Kier alpha value is -4.53. The summed E-state index contributed by atoms with van der Waals surface area (Å²) in [6, 6.07) is 16.8. The molecule has 2 amide bonds. The molecule has 0 unspecified atom stereocenters. The first-order valence-corrected chi connectivity index (χ1v) is 11.9. The second-order valence-corrected chi connectivity index (χ2v) is 9.23. The molecule has 5 aromatic rings. The number of rotatable bonds is 6. The normalized spacial score (nSPS) is 11.8. The molecule has 0 radical (unpaired) electrons. The number of anilines is 2. The van der Waals surface area contributed by atoms with Crippen LogP contribution in [0.25, 0.3) is 21.9 Å². The van der Waals surface area contributed by atoms with Crippen LogP contribution in [0.1, 0.15) is 47.0 Å². The number of benzene rings is 3. The zero-order chi connectivity index (χ0) is 27.0. The van der Waals surface area contributed by atoms with Gasteiger partial charge in [0.15, 0.2) is 0 Å². The molecule has 0 aliphatic rings. The van der Waals surface area contributed by atoms with E-state index in [1.54, 1.807) is 24.3 Å². The van der Waals surface area contributed by atoms with Crippen LogP contribution < -0.4 is 10.6 Å². The van der Waals surface area contributed by atoms with E-state index in [0.29, 0.717) is 28.0 Å². The first-order valence-electron chi connectivity index (χ1n) is 11.9. The van der Waals surface area contributed by atoms with Crippen LogP contribution in [0.5, 0.6) is 0 Å². The molecule has 0 saturated carbocycles. The lowest BCUT2D eigenvalue weighted by Crippen LogP contribution is -2.18. The van der Waals surface area contributed by atoms with Crippen molar-refractivity contribution in [2.24, 2.45) is 0 Å². The summed E-state index contributed by atoms with van der Waals surface area (Å²) in [5.74, 6) is -1.14. The van der Waals surface area contributed by atoms with Gasteiger partial charge in [-0.2, -0.15) is 13.2 Å². The number of halogens is 3. The number of hydrogen-bond donors (Lipinski definition) is 2. The number of para-hydroxylation sites is 1. The highest BCUT2D eigenvalue weighted by Gasteiger charge is 2.31. The monoisotopic (exact) mass is 520 g/mol. The summed E-state index contributed by atoms with van der Waals surface area (Å²) in [6.45, 7) is 4.15. The Balaban J connectivity index is 1.43. The molecule has 0 aliphatic heterocycles. The molecular weight excluding hydrogens is 497 g/mol. The van der Waals surface area contributed by atoms with Gasteiger partial charge in [-0.1, -0.05) is 38.1 Å². The van der Waals surface area contributed by atoms with Crippen LogP contribution in [0, 0.1) is 0 Å². The van der Waals surface area contributed by atoms with Gasteiger partial charge in [-0.05, 0) is 53.9 Å². The van der Waals surface area contributed by atoms with Gasteiger partial charge in [-0.25, -0.2) is 0 Å². The maximum atomic E-state index is 13.1. The van der Waals surface area contributed by atoms with Crippen molar-refractivity contribution in [3.05, 3.63) is 95.4 Å². The van der Waals surface area contributed by atoms with Crippen LogP contribution in [-0.4, -0.2) is 11.8 Å². The van der Waals surface area contributed by atoms with Crippen LogP contribution in [0.4, 0.5) is 24.5 Å². The fourth-order valence-corrected chi connectivity index (χ4v) is 4.24. The molecule has 0 saturated heterocycles. The largest absolute Gasteiger partial charge is 0.464 e. The minimum atomic E-state index is -4.56. The van der Waals surface area contributed by atoms with E-state index in [0.717, 1.165) is 23.1 Å². The fraction of sp³-hybridized carbons (Fsp3) is 0.172. The maximum Gasteiger partial charge on any atom is 0.416 e. The predicted octanol–water partition coefficient (Wildman–Crippen LogP) is 7.75. The molecule has 0 spiro atoms. The predicted molar refractivity (Wildman–Crippen MR) is 138 cm³/mol. The zero-order valence-corrected chi connectivity index (χ0v) is 20.5. The molecule has 9 heteroatoms. The minimum Gasteiger partial charge on any atom is -0.464 e. The Morgan fingerprint density at radius 2 is 1.68 bits per heavy atom. The Labute approximate surface area is 215 Å². The zero-order valence-electron chi connectivity index (χ0n) is 20.5. The number of furan rings is 2. The number of carbonyl (C=O) groups excluding carboxylic acids is 2. The van der Waals surface area contributed by atoms with Gasteiger partial charge >= 0.3 is 6.18 Å². The Bertz CT molecular complexity index is 1660. The smallest absolute Gasteiger partial charge is 0.416 e. The maximum absolute atomic E-state index is 13.1. The summed E-state index contributed by atoms with van der Waals surface area (Å²) >= 11 is 0. The first kappa shape index (κ1) is 25.1. The highest BCUT2D eigenvalue weighted by Crippen LogP contribution is 2.34. The van der Waals surface area contributed by atoms with Crippen molar-refractivity contribution in [1.82, 2.24) is 0 Å². The summed E-state index contributed by atoms with van der Waals surface area (Å²) in [5, 5.41) is 6.50. The molecule has 194 valence electrons. The third-order valence-electron chi connectivity index (χ3n) is 6.21. The van der Waals surface area contributed by atoms with E-state index in [1.807, 2.05) is 18.2 Å². The third kappa shape index (κ3) is 5.00. The van der Waals surface area contributed by atoms with Crippen LogP contribution >= 0.6 is 0 Å². The van der Waals surface area contributed by atoms with Gasteiger partial charge in [-0.15, -0.1) is 0 Å². The molecular formula is C29H23F3N2O4. The summed E-state index contributed by atoms with van der Waals surface area (Å²) < 4.78 is 50.6. The average Bonchev–Trinajstić information content (AvgIpc) is 3.45. The highest BCUT2D eigenvalue weighted by molar-refractivity contribution is 6.14. The summed E-state index contributed by atoms with van der Waals surface area (Å²) in [7, 11) is 0. The number of alkyl halides is 3. The lowest BCUT2D eigenvalue weighted by molar-refractivity contribution is -0.137. The summed E-state index contributed by atoms with van der Waals surface area (Å²) in [6.07, 6.45) is -3.06. The Morgan fingerprint density at radius 1 is 0.895 bits per heavy atom. The molecule has 6 nitrogen and oxygen atoms in total. The van der Waals surface area contributed by atoms with E-state index in [2.05, 4.69) is 24.5 Å². The van der Waals surface area contributed by atoms with Crippen molar-refractivity contribution >= 4 is 45.1 Å². The Morgan fingerprint density at radius 3 is 2.45 bits per heavy atom. The molecule has 0 bridgehead atoms. The van der Waals surface area contributed by atoms with E-state index >= 15 is 0 Å². The molecule has 0 atom stereocenters. The quantitative estimate of drug-likeness (QED) is 0.240. The van der Waals surface area contributed by atoms with Crippen molar-refractivity contribution in [3.63, 3.8) is 0 Å². The second kappa shape index (κ2) is 9.74. The van der Waals surface area contributed by atoms with Crippen LogP contribution in [0.2, 0.25) is 0 Å². The molecule has 2 N–H and O–H groups in total. The number of carbonyl (C=O) groups is 2. The molecule has 2 heterocycles. The van der Waals surface area contributed by atoms with Crippen molar-refractivity contribution in [2.45, 2.75) is 32.4 Å². The summed E-state index contributed by atoms with van der Waals surface area (Å²) in [4.78, 5) is 26.2. The second-order valence-electron chi connectivity index (χ2n) is 9.23. The van der Waals surface area contributed by atoms with Crippen LogP contribution in [0.3, 0.4) is 0 Å². The van der Waals surface area contributed by atoms with E-state index in [4.69, 9.17) is 8.83 Å². The Kier molecular flexibility index (Phi) is 6.44. The average molecular weight is 521 g/mol. The number of nitrogens with one attached hydrogen (secondary N) is 2. The van der Waals surface area contributed by atoms with Gasteiger partial charge in [0.25, 0.3) is 5.91 Å². The van der Waals surface area contributed by atoms with Crippen LogP contribution in [-0.2, 0) is 17.4 Å². The standard InChI is InChI=1S/C29H23F3N2O4/c1-16(2)17-10-11-23-22(12-17)18(15-37-23)13-25(35)34-26-21-8-3-4-9-24(21)38-27(26)28(36)33-20-7-5-6-19(14-20)29(30,31)32/h3-12,14-16H,13H2,1-2H3,(H,33,36)(H,34,35). The number of fused-ring (bicyclic) bond motifs is 2. The van der Waals surface area contributed by atoms with E-state index in [1.165, 1.54) is 18.4 Å². The molecule has 0 aliphatic carbocycles. The number of amides is 2.